The summed E-state index contributed by atoms with van der Waals surface area (Å²) in [6, 6.07) is 11.2. The van der Waals surface area contributed by atoms with Crippen molar-refractivity contribution in [1.29, 1.82) is 0 Å². The SMILES string of the molecule is Cc1ccc(S(=O)(=O)N2CCOCC2)cc1C(=O)N[C@H](c1ccc(Cl)cc1)c1nccn1C. The average Bonchev–Trinajstić information content (AvgIpc) is 3.24. The van der Waals surface area contributed by atoms with Crippen molar-refractivity contribution in [2.45, 2.75) is 17.9 Å². The highest BCUT2D eigenvalue weighted by molar-refractivity contribution is 7.89. The number of halogens is 1. The Morgan fingerprint density at radius 3 is 2.48 bits per heavy atom. The lowest BCUT2D eigenvalue weighted by molar-refractivity contribution is 0.0730. The van der Waals surface area contributed by atoms with Gasteiger partial charge in [0.05, 0.1) is 18.1 Å². The smallest absolute Gasteiger partial charge is 0.252 e. The summed E-state index contributed by atoms with van der Waals surface area (Å²) in [5, 5.41) is 3.60. The molecule has 174 valence electrons. The molecule has 33 heavy (non-hydrogen) atoms. The van der Waals surface area contributed by atoms with Gasteiger partial charge in [0.15, 0.2) is 0 Å². The van der Waals surface area contributed by atoms with Crippen molar-refractivity contribution < 1.29 is 17.9 Å². The molecule has 1 fully saturated rings. The molecule has 0 saturated carbocycles. The number of aromatic nitrogens is 2. The van der Waals surface area contributed by atoms with Crippen LogP contribution in [0.2, 0.25) is 5.02 Å². The molecule has 4 rings (SSSR count). The third-order valence-electron chi connectivity index (χ3n) is 5.66. The summed E-state index contributed by atoms with van der Waals surface area (Å²) < 4.78 is 34.7. The predicted molar refractivity (Wildman–Crippen MR) is 125 cm³/mol. The molecule has 0 bridgehead atoms. The number of sulfonamides is 1. The van der Waals surface area contributed by atoms with Gasteiger partial charge in [-0.15, -0.1) is 0 Å². The zero-order chi connectivity index (χ0) is 23.6. The van der Waals surface area contributed by atoms with Crippen LogP contribution in [0.3, 0.4) is 0 Å². The Morgan fingerprint density at radius 1 is 1.15 bits per heavy atom. The lowest BCUT2D eigenvalue weighted by Gasteiger charge is -2.26. The number of carbonyl (C=O) groups is 1. The fourth-order valence-electron chi connectivity index (χ4n) is 3.76. The molecule has 1 N–H and O–H groups in total. The zero-order valence-corrected chi connectivity index (χ0v) is 19.9. The van der Waals surface area contributed by atoms with Gasteiger partial charge >= 0.3 is 0 Å². The molecule has 1 aromatic heterocycles. The second-order valence-corrected chi connectivity index (χ2v) is 10.2. The normalized spacial score (nSPS) is 15.8. The molecular formula is C23H25ClN4O4S. The average molecular weight is 489 g/mol. The molecule has 2 aromatic carbocycles. The van der Waals surface area contributed by atoms with Gasteiger partial charge in [0.1, 0.15) is 11.9 Å². The number of morpholine rings is 1. The van der Waals surface area contributed by atoms with E-state index in [4.69, 9.17) is 16.3 Å². The zero-order valence-electron chi connectivity index (χ0n) is 18.4. The maximum absolute atomic E-state index is 13.4. The van der Waals surface area contributed by atoms with Crippen LogP contribution in [0.25, 0.3) is 0 Å². The van der Waals surface area contributed by atoms with Crippen LogP contribution in [0.15, 0.2) is 59.8 Å². The second kappa shape index (κ2) is 9.64. The van der Waals surface area contributed by atoms with E-state index in [1.54, 1.807) is 37.5 Å². The third kappa shape index (κ3) is 4.96. The van der Waals surface area contributed by atoms with Gasteiger partial charge in [-0.3, -0.25) is 4.79 Å². The maximum atomic E-state index is 13.4. The summed E-state index contributed by atoms with van der Waals surface area (Å²) >= 11 is 6.04. The summed E-state index contributed by atoms with van der Waals surface area (Å²) in [6.07, 6.45) is 3.45. The molecular weight excluding hydrogens is 464 g/mol. The molecule has 0 aliphatic carbocycles. The van der Waals surface area contributed by atoms with Gasteiger partial charge in [-0.05, 0) is 42.3 Å². The Balaban J connectivity index is 1.67. The first-order chi connectivity index (χ1) is 15.8. The Morgan fingerprint density at radius 2 is 1.85 bits per heavy atom. The number of hydrogen-bond donors (Lipinski definition) is 1. The number of aryl methyl sites for hydroxylation is 2. The molecule has 0 radical (unpaired) electrons. The maximum Gasteiger partial charge on any atom is 0.252 e. The standard InChI is InChI=1S/C23H25ClN4O4S/c1-16-3-8-19(33(30,31)28-11-13-32-14-12-28)15-20(16)23(29)26-21(22-25-9-10-27(22)2)17-4-6-18(24)7-5-17/h3-10,15,21H,11-14H2,1-2H3,(H,26,29)/t21-/m1/s1. The van der Waals surface area contributed by atoms with E-state index in [-0.39, 0.29) is 23.5 Å². The Labute approximate surface area is 198 Å². The number of rotatable bonds is 6. The minimum atomic E-state index is -3.73. The number of amides is 1. The van der Waals surface area contributed by atoms with Crippen molar-refractivity contribution in [2.24, 2.45) is 7.05 Å². The molecule has 8 nitrogen and oxygen atoms in total. The van der Waals surface area contributed by atoms with Gasteiger partial charge < -0.3 is 14.6 Å². The Kier molecular flexibility index (Phi) is 6.85. The number of nitrogens with zero attached hydrogens (tertiary/aromatic N) is 3. The Bertz CT molecular complexity index is 1250. The molecule has 1 atom stereocenters. The van der Waals surface area contributed by atoms with Crippen LogP contribution in [0.1, 0.15) is 33.4 Å². The fourth-order valence-corrected chi connectivity index (χ4v) is 5.32. The van der Waals surface area contributed by atoms with Crippen LogP contribution in [-0.2, 0) is 21.8 Å². The largest absolute Gasteiger partial charge is 0.379 e. The molecule has 1 amide bonds. The van der Waals surface area contributed by atoms with E-state index in [9.17, 15) is 13.2 Å². The van der Waals surface area contributed by atoms with Crippen LogP contribution < -0.4 is 5.32 Å². The molecule has 1 saturated heterocycles. The summed E-state index contributed by atoms with van der Waals surface area (Å²) in [6.45, 7) is 3.05. The van der Waals surface area contributed by atoms with E-state index < -0.39 is 22.0 Å². The first-order valence-corrected chi connectivity index (χ1v) is 12.3. The van der Waals surface area contributed by atoms with Crippen molar-refractivity contribution in [3.05, 3.63) is 82.4 Å². The highest BCUT2D eigenvalue weighted by Gasteiger charge is 2.28. The van der Waals surface area contributed by atoms with Gasteiger partial charge in [-0.1, -0.05) is 29.8 Å². The van der Waals surface area contributed by atoms with Crippen molar-refractivity contribution in [3.8, 4) is 0 Å². The molecule has 3 aromatic rings. The van der Waals surface area contributed by atoms with Crippen molar-refractivity contribution >= 4 is 27.5 Å². The second-order valence-electron chi connectivity index (χ2n) is 7.85. The predicted octanol–water partition coefficient (Wildman–Crippen LogP) is 2.92. The number of hydrogen-bond acceptors (Lipinski definition) is 5. The number of imidazole rings is 1. The van der Waals surface area contributed by atoms with Crippen LogP contribution in [-0.4, -0.2) is 54.5 Å². The number of ether oxygens (including phenoxy) is 1. The van der Waals surface area contributed by atoms with Gasteiger partial charge in [-0.25, -0.2) is 13.4 Å². The van der Waals surface area contributed by atoms with E-state index in [1.165, 1.54) is 16.4 Å². The van der Waals surface area contributed by atoms with Gasteiger partial charge in [0.2, 0.25) is 10.0 Å². The third-order valence-corrected chi connectivity index (χ3v) is 7.80. The highest BCUT2D eigenvalue weighted by Crippen LogP contribution is 2.25. The first kappa shape index (κ1) is 23.4. The molecule has 1 aliphatic rings. The summed E-state index contributed by atoms with van der Waals surface area (Å²) in [5.41, 5.74) is 1.76. The fraction of sp³-hybridized carbons (Fsp3) is 0.304. The minimum absolute atomic E-state index is 0.0835. The van der Waals surface area contributed by atoms with E-state index in [0.717, 1.165) is 5.56 Å². The monoisotopic (exact) mass is 488 g/mol. The molecule has 10 heteroatoms. The van der Waals surface area contributed by atoms with E-state index in [1.807, 2.05) is 23.7 Å². The summed E-state index contributed by atoms with van der Waals surface area (Å²) in [5.74, 6) is 0.245. The van der Waals surface area contributed by atoms with Crippen LogP contribution in [0.5, 0.6) is 0 Å². The number of benzene rings is 2. The quantitative estimate of drug-likeness (QED) is 0.575. The molecule has 0 unspecified atom stereocenters. The van der Waals surface area contributed by atoms with Crippen molar-refractivity contribution in [1.82, 2.24) is 19.2 Å². The van der Waals surface area contributed by atoms with E-state index in [0.29, 0.717) is 29.6 Å². The van der Waals surface area contributed by atoms with Gasteiger partial charge in [0.25, 0.3) is 5.91 Å². The van der Waals surface area contributed by atoms with Crippen LogP contribution in [0.4, 0.5) is 0 Å². The Hall–Kier alpha value is -2.72. The molecule has 2 heterocycles. The van der Waals surface area contributed by atoms with Gasteiger partial charge in [0, 0.05) is 43.1 Å². The first-order valence-electron chi connectivity index (χ1n) is 10.5. The molecule has 0 spiro atoms. The highest BCUT2D eigenvalue weighted by atomic mass is 35.5. The minimum Gasteiger partial charge on any atom is -0.379 e. The molecule has 1 aliphatic heterocycles. The van der Waals surface area contributed by atoms with E-state index >= 15 is 0 Å². The number of carbonyl (C=O) groups excluding carboxylic acids is 1. The van der Waals surface area contributed by atoms with Crippen molar-refractivity contribution in [2.75, 3.05) is 26.3 Å². The van der Waals surface area contributed by atoms with Gasteiger partial charge in [-0.2, -0.15) is 4.31 Å². The number of nitrogens with one attached hydrogen (secondary N) is 1. The lowest BCUT2D eigenvalue weighted by atomic mass is 10.0. The summed E-state index contributed by atoms with van der Waals surface area (Å²) in [4.78, 5) is 17.9. The topological polar surface area (TPSA) is 93.5 Å². The lowest BCUT2D eigenvalue weighted by Crippen LogP contribution is -2.40. The van der Waals surface area contributed by atoms with Crippen LogP contribution in [0, 0.1) is 6.92 Å². The van der Waals surface area contributed by atoms with E-state index in [2.05, 4.69) is 10.3 Å². The van der Waals surface area contributed by atoms with Crippen LogP contribution >= 0.6 is 11.6 Å². The van der Waals surface area contributed by atoms with Crippen molar-refractivity contribution in [3.63, 3.8) is 0 Å². The summed E-state index contributed by atoms with van der Waals surface area (Å²) in [7, 11) is -1.88.